The molecule has 2 rings (SSSR count). The second-order valence-corrected chi connectivity index (χ2v) is 3.63. The first-order valence-corrected chi connectivity index (χ1v) is 5.01. The fourth-order valence-electron chi connectivity index (χ4n) is 1.62. The van der Waals surface area contributed by atoms with E-state index in [0.29, 0.717) is 6.79 Å². The molecule has 3 nitrogen and oxygen atoms in total. The second-order valence-electron chi connectivity index (χ2n) is 3.63. The van der Waals surface area contributed by atoms with Crippen molar-refractivity contribution in [3.63, 3.8) is 0 Å². The van der Waals surface area contributed by atoms with E-state index in [1.165, 1.54) is 5.57 Å². The molecule has 0 saturated carbocycles. The number of likely N-dealkylation sites (N-methyl/N-ethyl adjacent to an activating group) is 1. The molecule has 0 bridgehead atoms. The van der Waals surface area contributed by atoms with E-state index >= 15 is 0 Å². The monoisotopic (exact) mass is 205 g/mol. The number of benzene rings is 1. The van der Waals surface area contributed by atoms with E-state index in [2.05, 4.69) is 18.3 Å². The number of rotatable bonds is 3. The summed E-state index contributed by atoms with van der Waals surface area (Å²) >= 11 is 0. The van der Waals surface area contributed by atoms with E-state index in [0.717, 1.165) is 23.6 Å². The lowest BCUT2D eigenvalue weighted by Gasteiger charge is -2.01. The second kappa shape index (κ2) is 4.36. The minimum absolute atomic E-state index is 0.331. The van der Waals surface area contributed by atoms with Crippen LogP contribution in [0.15, 0.2) is 23.8 Å². The van der Waals surface area contributed by atoms with Crippen LogP contribution < -0.4 is 14.8 Å². The quantitative estimate of drug-likeness (QED) is 0.819. The van der Waals surface area contributed by atoms with Gasteiger partial charge in [0.2, 0.25) is 6.79 Å². The molecule has 0 aromatic heterocycles. The molecule has 0 atom stereocenters. The van der Waals surface area contributed by atoms with Gasteiger partial charge in [-0.3, -0.25) is 0 Å². The zero-order valence-electron chi connectivity index (χ0n) is 9.04. The molecule has 15 heavy (non-hydrogen) atoms. The number of hydrogen-bond acceptors (Lipinski definition) is 3. The van der Waals surface area contributed by atoms with Crippen LogP contribution in [-0.2, 0) is 0 Å². The van der Waals surface area contributed by atoms with Gasteiger partial charge in [-0.05, 0) is 31.7 Å². The average Bonchev–Trinajstić information content (AvgIpc) is 2.65. The van der Waals surface area contributed by atoms with E-state index in [4.69, 9.17) is 9.47 Å². The molecule has 0 radical (unpaired) electrons. The Morgan fingerprint density at radius 3 is 3.00 bits per heavy atom. The summed E-state index contributed by atoms with van der Waals surface area (Å²) in [6.45, 7) is 3.33. The van der Waals surface area contributed by atoms with Gasteiger partial charge in [0.25, 0.3) is 0 Å². The normalized spacial score (nSPS) is 14.4. The molecule has 80 valence electrons. The molecule has 1 aromatic carbocycles. The fourth-order valence-corrected chi connectivity index (χ4v) is 1.62. The third-order valence-corrected chi connectivity index (χ3v) is 2.27. The Morgan fingerprint density at radius 2 is 2.20 bits per heavy atom. The predicted octanol–water partition coefficient (Wildman–Crippen LogP) is 2.04. The third kappa shape index (κ3) is 2.30. The van der Waals surface area contributed by atoms with E-state index in [9.17, 15) is 0 Å². The number of hydrogen-bond donors (Lipinski definition) is 1. The Kier molecular flexibility index (Phi) is 2.92. The zero-order valence-corrected chi connectivity index (χ0v) is 9.04. The van der Waals surface area contributed by atoms with Crippen molar-refractivity contribution in [3.05, 3.63) is 29.3 Å². The van der Waals surface area contributed by atoms with Gasteiger partial charge in [0.15, 0.2) is 11.5 Å². The van der Waals surface area contributed by atoms with Gasteiger partial charge >= 0.3 is 0 Å². The van der Waals surface area contributed by atoms with Crippen molar-refractivity contribution in [2.45, 2.75) is 6.92 Å². The summed E-state index contributed by atoms with van der Waals surface area (Å²) < 4.78 is 10.6. The molecular formula is C12H15NO2. The van der Waals surface area contributed by atoms with Crippen LogP contribution in [0.4, 0.5) is 0 Å². The summed E-state index contributed by atoms with van der Waals surface area (Å²) in [7, 11) is 1.94. The van der Waals surface area contributed by atoms with E-state index < -0.39 is 0 Å². The molecule has 0 fully saturated rings. The van der Waals surface area contributed by atoms with Gasteiger partial charge in [-0.25, -0.2) is 0 Å². The Labute approximate surface area is 89.7 Å². The van der Waals surface area contributed by atoms with Crippen LogP contribution in [0.3, 0.4) is 0 Å². The first kappa shape index (κ1) is 10.1. The number of ether oxygens (including phenoxy) is 2. The van der Waals surface area contributed by atoms with Crippen LogP contribution >= 0.6 is 0 Å². The first-order valence-electron chi connectivity index (χ1n) is 5.01. The number of nitrogens with one attached hydrogen (secondary N) is 1. The molecule has 0 aliphatic carbocycles. The summed E-state index contributed by atoms with van der Waals surface area (Å²) in [5, 5.41) is 3.12. The van der Waals surface area contributed by atoms with Crippen LogP contribution in [0.5, 0.6) is 11.5 Å². The summed E-state index contributed by atoms with van der Waals surface area (Å²) in [6, 6.07) is 5.98. The highest BCUT2D eigenvalue weighted by molar-refractivity contribution is 5.58. The summed E-state index contributed by atoms with van der Waals surface area (Å²) in [6.07, 6.45) is 2.14. The maximum Gasteiger partial charge on any atom is 0.231 e. The van der Waals surface area contributed by atoms with Crippen molar-refractivity contribution in [1.82, 2.24) is 5.32 Å². The topological polar surface area (TPSA) is 30.5 Å². The van der Waals surface area contributed by atoms with Crippen molar-refractivity contribution >= 4 is 6.08 Å². The molecule has 1 aromatic rings. The Bertz CT molecular complexity index is 385. The van der Waals surface area contributed by atoms with Crippen LogP contribution in [0.2, 0.25) is 0 Å². The van der Waals surface area contributed by atoms with Gasteiger partial charge < -0.3 is 14.8 Å². The molecule has 0 amide bonds. The summed E-state index contributed by atoms with van der Waals surface area (Å²) in [5.41, 5.74) is 2.43. The highest BCUT2D eigenvalue weighted by Gasteiger charge is 2.12. The van der Waals surface area contributed by atoms with Gasteiger partial charge in [0.1, 0.15) is 0 Å². The molecular weight excluding hydrogens is 190 g/mol. The summed E-state index contributed by atoms with van der Waals surface area (Å²) in [4.78, 5) is 0. The zero-order chi connectivity index (χ0) is 10.7. The Morgan fingerprint density at radius 1 is 1.40 bits per heavy atom. The maximum absolute atomic E-state index is 5.31. The Balaban J connectivity index is 2.19. The smallest absolute Gasteiger partial charge is 0.231 e. The standard InChI is InChI=1S/C12H15NO2/c1-9(7-13-2)5-10-3-4-11-12(6-10)15-8-14-11/h3-6,13H,7-8H2,1-2H3/b9-5+. The Hall–Kier alpha value is -1.48. The van der Waals surface area contributed by atoms with E-state index in [-0.39, 0.29) is 0 Å². The van der Waals surface area contributed by atoms with Crippen molar-refractivity contribution < 1.29 is 9.47 Å². The van der Waals surface area contributed by atoms with Gasteiger partial charge in [0, 0.05) is 6.54 Å². The largest absolute Gasteiger partial charge is 0.454 e. The molecule has 1 N–H and O–H groups in total. The number of fused-ring (bicyclic) bond motifs is 1. The lowest BCUT2D eigenvalue weighted by molar-refractivity contribution is 0.174. The third-order valence-electron chi connectivity index (χ3n) is 2.27. The average molecular weight is 205 g/mol. The summed E-state index contributed by atoms with van der Waals surface area (Å²) in [5.74, 6) is 1.67. The van der Waals surface area contributed by atoms with Gasteiger partial charge in [-0.15, -0.1) is 0 Å². The van der Waals surface area contributed by atoms with Crippen molar-refractivity contribution in [2.24, 2.45) is 0 Å². The highest BCUT2D eigenvalue weighted by Crippen LogP contribution is 2.32. The lowest BCUT2D eigenvalue weighted by atomic mass is 10.1. The van der Waals surface area contributed by atoms with Gasteiger partial charge in [-0.1, -0.05) is 17.7 Å². The van der Waals surface area contributed by atoms with Crippen LogP contribution in [0.25, 0.3) is 6.08 Å². The van der Waals surface area contributed by atoms with Crippen LogP contribution in [0, 0.1) is 0 Å². The molecule has 0 saturated heterocycles. The lowest BCUT2D eigenvalue weighted by Crippen LogP contribution is -2.08. The minimum atomic E-state index is 0.331. The van der Waals surface area contributed by atoms with Crippen molar-refractivity contribution in [2.75, 3.05) is 20.4 Å². The fraction of sp³-hybridized carbons (Fsp3) is 0.333. The molecule has 0 spiro atoms. The van der Waals surface area contributed by atoms with E-state index in [1.54, 1.807) is 0 Å². The predicted molar refractivity (Wildman–Crippen MR) is 60.1 cm³/mol. The van der Waals surface area contributed by atoms with Crippen LogP contribution in [0.1, 0.15) is 12.5 Å². The molecule has 0 unspecified atom stereocenters. The molecule has 1 aliphatic heterocycles. The van der Waals surface area contributed by atoms with Gasteiger partial charge in [0.05, 0.1) is 0 Å². The first-order chi connectivity index (χ1) is 7.29. The van der Waals surface area contributed by atoms with Crippen LogP contribution in [-0.4, -0.2) is 20.4 Å². The maximum atomic E-state index is 5.31. The van der Waals surface area contributed by atoms with Gasteiger partial charge in [-0.2, -0.15) is 0 Å². The highest BCUT2D eigenvalue weighted by atomic mass is 16.7. The molecule has 1 aliphatic rings. The van der Waals surface area contributed by atoms with Crippen molar-refractivity contribution in [1.29, 1.82) is 0 Å². The SMILES string of the molecule is CNC/C(C)=C/c1ccc2c(c1)OCO2. The van der Waals surface area contributed by atoms with E-state index in [1.807, 2.05) is 25.2 Å². The molecule has 1 heterocycles. The molecule has 3 heteroatoms. The minimum Gasteiger partial charge on any atom is -0.454 e. The van der Waals surface area contributed by atoms with Crippen molar-refractivity contribution in [3.8, 4) is 11.5 Å².